The van der Waals surface area contributed by atoms with Gasteiger partial charge in [-0.25, -0.2) is 4.39 Å². The van der Waals surface area contributed by atoms with Crippen LogP contribution in [-0.2, 0) is 4.74 Å². The summed E-state index contributed by atoms with van der Waals surface area (Å²) in [6.45, 7) is 1.54. The lowest BCUT2D eigenvalue weighted by Crippen LogP contribution is -2.37. The second-order valence-corrected chi connectivity index (χ2v) is 4.13. The maximum Gasteiger partial charge on any atom is 0.148 e. The minimum atomic E-state index is -0.351. The van der Waals surface area contributed by atoms with Crippen LogP contribution < -0.4 is 10.6 Å². The van der Waals surface area contributed by atoms with Gasteiger partial charge >= 0.3 is 0 Å². The number of nitrogens with zero attached hydrogens (tertiary/aromatic N) is 1. The minimum absolute atomic E-state index is 0.233. The summed E-state index contributed by atoms with van der Waals surface area (Å²) in [6, 6.07) is 5.32. The molecule has 0 bridgehead atoms. The van der Waals surface area contributed by atoms with Crippen LogP contribution in [0.2, 0.25) is 0 Å². The van der Waals surface area contributed by atoms with E-state index in [1.165, 1.54) is 6.07 Å². The third kappa shape index (κ3) is 2.11. The van der Waals surface area contributed by atoms with E-state index in [4.69, 9.17) is 10.5 Å². The lowest BCUT2D eigenvalue weighted by molar-refractivity contribution is 0.0855. The van der Waals surface area contributed by atoms with Crippen molar-refractivity contribution in [3.8, 4) is 0 Å². The Morgan fingerprint density at radius 2 is 2.06 bits per heavy atom. The molecule has 1 aliphatic rings. The maximum atomic E-state index is 13.3. The average Bonchev–Trinajstić information content (AvgIpc) is 2.33. The third-order valence-corrected chi connectivity index (χ3v) is 3.15. The van der Waals surface area contributed by atoms with Crippen LogP contribution in [-0.4, -0.2) is 26.3 Å². The maximum absolute atomic E-state index is 13.3. The van der Waals surface area contributed by atoms with E-state index in [0.717, 1.165) is 31.7 Å². The molecule has 88 valence electrons. The molecule has 1 aromatic rings. The molecule has 0 saturated carbocycles. The highest BCUT2D eigenvalue weighted by Crippen LogP contribution is 2.28. The summed E-state index contributed by atoms with van der Waals surface area (Å²) in [7, 11) is 1.96. The van der Waals surface area contributed by atoms with E-state index in [0.29, 0.717) is 6.04 Å². The Morgan fingerprint density at radius 1 is 1.38 bits per heavy atom. The quantitative estimate of drug-likeness (QED) is 0.781. The van der Waals surface area contributed by atoms with Gasteiger partial charge in [0, 0.05) is 26.3 Å². The number of nitrogens with two attached hydrogens (primary N) is 1. The molecule has 3 nitrogen and oxygen atoms in total. The van der Waals surface area contributed by atoms with E-state index >= 15 is 0 Å². The Kier molecular flexibility index (Phi) is 3.29. The summed E-state index contributed by atoms with van der Waals surface area (Å²) in [5.41, 5.74) is 6.75. The highest BCUT2D eigenvalue weighted by Gasteiger charge is 2.20. The van der Waals surface area contributed by atoms with Gasteiger partial charge in [0.2, 0.25) is 0 Å². The molecule has 0 aromatic heterocycles. The lowest BCUT2D eigenvalue weighted by atomic mass is 10.1. The summed E-state index contributed by atoms with van der Waals surface area (Å²) in [6.07, 6.45) is 1.93. The first-order valence-corrected chi connectivity index (χ1v) is 5.54. The molecule has 1 aromatic carbocycles. The van der Waals surface area contributed by atoms with E-state index in [-0.39, 0.29) is 11.5 Å². The summed E-state index contributed by atoms with van der Waals surface area (Å²) >= 11 is 0. The van der Waals surface area contributed by atoms with Crippen molar-refractivity contribution in [3.05, 3.63) is 24.0 Å². The molecule has 1 aliphatic heterocycles. The largest absolute Gasteiger partial charge is 0.395 e. The number of hydrogen-bond donors (Lipinski definition) is 1. The molecule has 1 fully saturated rings. The van der Waals surface area contributed by atoms with Crippen molar-refractivity contribution in [2.24, 2.45) is 0 Å². The normalized spacial score (nSPS) is 17.4. The van der Waals surface area contributed by atoms with Gasteiger partial charge in [0.15, 0.2) is 0 Å². The van der Waals surface area contributed by atoms with E-state index in [2.05, 4.69) is 4.90 Å². The predicted octanol–water partition coefficient (Wildman–Crippen LogP) is 2.02. The van der Waals surface area contributed by atoms with Gasteiger partial charge in [-0.2, -0.15) is 0 Å². The predicted molar refractivity (Wildman–Crippen MR) is 63.1 cm³/mol. The summed E-state index contributed by atoms with van der Waals surface area (Å²) in [5, 5.41) is 0. The second kappa shape index (κ2) is 4.70. The SMILES string of the molecule is CN(c1cccc(F)c1N)C1CCOCC1. The van der Waals surface area contributed by atoms with Crippen LogP contribution in [0, 0.1) is 5.82 Å². The van der Waals surface area contributed by atoms with Crippen molar-refractivity contribution in [1.82, 2.24) is 0 Å². The topological polar surface area (TPSA) is 38.5 Å². The fraction of sp³-hybridized carbons (Fsp3) is 0.500. The van der Waals surface area contributed by atoms with Gasteiger partial charge in [-0.3, -0.25) is 0 Å². The van der Waals surface area contributed by atoms with Gasteiger partial charge in [0.1, 0.15) is 5.82 Å². The number of halogens is 1. The summed E-state index contributed by atoms with van der Waals surface area (Å²) in [4.78, 5) is 2.06. The molecule has 0 radical (unpaired) electrons. The number of rotatable bonds is 2. The van der Waals surface area contributed by atoms with Crippen LogP contribution >= 0.6 is 0 Å². The number of benzene rings is 1. The van der Waals surface area contributed by atoms with Gasteiger partial charge in [0.25, 0.3) is 0 Å². The molecule has 0 amide bonds. The van der Waals surface area contributed by atoms with E-state index < -0.39 is 0 Å². The zero-order chi connectivity index (χ0) is 11.5. The first-order valence-electron chi connectivity index (χ1n) is 5.54. The third-order valence-electron chi connectivity index (χ3n) is 3.15. The Labute approximate surface area is 95.0 Å². The molecule has 2 rings (SSSR count). The minimum Gasteiger partial charge on any atom is -0.395 e. The van der Waals surface area contributed by atoms with Crippen molar-refractivity contribution >= 4 is 11.4 Å². The van der Waals surface area contributed by atoms with Crippen molar-refractivity contribution in [3.63, 3.8) is 0 Å². The Morgan fingerprint density at radius 3 is 2.75 bits per heavy atom. The van der Waals surface area contributed by atoms with Gasteiger partial charge in [-0.1, -0.05) is 6.07 Å². The number of ether oxygens (including phenoxy) is 1. The zero-order valence-electron chi connectivity index (χ0n) is 9.45. The lowest BCUT2D eigenvalue weighted by Gasteiger charge is -2.33. The highest BCUT2D eigenvalue weighted by molar-refractivity contribution is 5.68. The number of hydrogen-bond acceptors (Lipinski definition) is 3. The van der Waals surface area contributed by atoms with Crippen LogP contribution in [0.1, 0.15) is 12.8 Å². The van der Waals surface area contributed by atoms with Crippen LogP contribution in [0.15, 0.2) is 18.2 Å². The molecule has 4 heteroatoms. The van der Waals surface area contributed by atoms with Crippen LogP contribution in [0.5, 0.6) is 0 Å². The highest BCUT2D eigenvalue weighted by atomic mass is 19.1. The van der Waals surface area contributed by atoms with Crippen LogP contribution in [0.3, 0.4) is 0 Å². The smallest absolute Gasteiger partial charge is 0.148 e. The molecule has 0 aliphatic carbocycles. The van der Waals surface area contributed by atoms with Crippen molar-refractivity contribution in [2.75, 3.05) is 30.9 Å². The molecule has 1 heterocycles. The van der Waals surface area contributed by atoms with E-state index in [1.807, 2.05) is 13.1 Å². The molecule has 2 N–H and O–H groups in total. The van der Waals surface area contributed by atoms with Gasteiger partial charge in [-0.05, 0) is 25.0 Å². The van der Waals surface area contributed by atoms with Crippen LogP contribution in [0.25, 0.3) is 0 Å². The van der Waals surface area contributed by atoms with Crippen molar-refractivity contribution in [1.29, 1.82) is 0 Å². The second-order valence-electron chi connectivity index (χ2n) is 4.13. The number of anilines is 2. The van der Waals surface area contributed by atoms with Crippen molar-refractivity contribution < 1.29 is 9.13 Å². The zero-order valence-corrected chi connectivity index (χ0v) is 9.45. The van der Waals surface area contributed by atoms with Crippen LogP contribution in [0.4, 0.5) is 15.8 Å². The average molecular weight is 224 g/mol. The standard InChI is InChI=1S/C12H17FN2O/c1-15(9-5-7-16-8-6-9)11-4-2-3-10(13)12(11)14/h2-4,9H,5-8,14H2,1H3. The fourth-order valence-electron chi connectivity index (χ4n) is 2.10. The van der Waals surface area contributed by atoms with Crippen molar-refractivity contribution in [2.45, 2.75) is 18.9 Å². The Hall–Kier alpha value is -1.29. The number of para-hydroxylation sites is 1. The monoisotopic (exact) mass is 224 g/mol. The van der Waals surface area contributed by atoms with E-state index in [9.17, 15) is 4.39 Å². The molecular formula is C12H17FN2O. The molecule has 0 atom stereocenters. The molecular weight excluding hydrogens is 207 g/mol. The first kappa shape index (κ1) is 11.2. The molecule has 0 unspecified atom stereocenters. The Bertz CT molecular complexity index is 364. The van der Waals surface area contributed by atoms with Gasteiger partial charge in [0.05, 0.1) is 11.4 Å². The molecule has 1 saturated heterocycles. The van der Waals surface area contributed by atoms with Gasteiger partial charge in [-0.15, -0.1) is 0 Å². The molecule has 0 spiro atoms. The van der Waals surface area contributed by atoms with E-state index in [1.54, 1.807) is 6.07 Å². The summed E-state index contributed by atoms with van der Waals surface area (Å²) in [5.74, 6) is -0.351. The number of nitrogen functional groups attached to an aromatic ring is 1. The fourth-order valence-corrected chi connectivity index (χ4v) is 2.10. The first-order chi connectivity index (χ1) is 7.70. The molecule has 16 heavy (non-hydrogen) atoms. The van der Waals surface area contributed by atoms with Gasteiger partial charge < -0.3 is 15.4 Å². The Balaban J connectivity index is 2.19. The summed E-state index contributed by atoms with van der Waals surface area (Å²) < 4.78 is 18.6.